The Morgan fingerprint density at radius 2 is 1.00 bits per heavy atom. The van der Waals surface area contributed by atoms with Gasteiger partial charge in [0.1, 0.15) is 72.4 Å². The molecule has 0 unspecified atom stereocenters. The van der Waals surface area contributed by atoms with E-state index in [4.69, 9.17) is 23.2 Å². The van der Waals surface area contributed by atoms with E-state index < -0.39 is 68.2 Å². The van der Waals surface area contributed by atoms with Crippen LogP contribution < -0.4 is 0 Å². The van der Waals surface area contributed by atoms with E-state index in [1.807, 2.05) is 0 Å². The van der Waals surface area contributed by atoms with E-state index in [0.29, 0.717) is 12.1 Å². The minimum atomic E-state index is -2.02. The molecule has 6 aromatic rings. The maximum Gasteiger partial charge on any atom is 0.182 e. The molecule has 0 aliphatic carbocycles. The van der Waals surface area contributed by atoms with Gasteiger partial charge in [0.05, 0.1) is 24.5 Å². The molecule has 2 N–H and O–H groups in total. The topological polar surface area (TPSA) is 153 Å². The molecule has 0 radical (unpaired) electrons. The molecular formula is C32H26Cl2F6N10O2. The molecule has 0 aliphatic heterocycles. The molecule has 52 heavy (non-hydrogen) atoms. The molecule has 272 valence electrons. The number of hydrogen-bond acceptors (Lipinski definition) is 10. The highest BCUT2D eigenvalue weighted by atomic mass is 35.5. The number of hydrogen-bond donors (Lipinski definition) is 2. The van der Waals surface area contributed by atoms with Gasteiger partial charge in [-0.1, -0.05) is 49.2 Å². The van der Waals surface area contributed by atoms with Gasteiger partial charge in [-0.25, -0.2) is 65.6 Å². The summed E-state index contributed by atoms with van der Waals surface area (Å²) in [5.74, 6) is -7.60. The fourth-order valence-corrected chi connectivity index (χ4v) is 5.77. The Morgan fingerprint density at radius 1 is 0.615 bits per heavy atom. The number of halogens is 8. The lowest BCUT2D eigenvalue weighted by atomic mass is 9.79. The summed E-state index contributed by atoms with van der Waals surface area (Å²) in [5.41, 5.74) is -4.95. The lowest BCUT2D eigenvalue weighted by Crippen LogP contribution is -2.39. The summed E-state index contributed by atoms with van der Waals surface area (Å²) in [7, 11) is 0. The van der Waals surface area contributed by atoms with Crippen LogP contribution in [-0.2, 0) is 24.3 Å². The average Bonchev–Trinajstić information content (AvgIpc) is 3.81. The molecule has 0 amide bonds. The summed E-state index contributed by atoms with van der Waals surface area (Å²) in [5, 5.41) is 29.6. The van der Waals surface area contributed by atoms with Crippen LogP contribution in [0.4, 0.5) is 26.3 Å². The van der Waals surface area contributed by atoms with E-state index in [0.717, 1.165) is 36.9 Å². The van der Waals surface area contributed by atoms with Crippen LogP contribution >= 0.6 is 23.2 Å². The van der Waals surface area contributed by atoms with E-state index in [-0.39, 0.29) is 35.6 Å². The molecule has 0 saturated heterocycles. The number of aromatic nitrogens is 10. The normalized spacial score (nSPS) is 14.8. The Balaban J connectivity index is 0.000000201. The quantitative estimate of drug-likeness (QED) is 0.132. The molecule has 0 aliphatic rings. The highest BCUT2D eigenvalue weighted by molar-refractivity contribution is 6.29. The summed E-state index contributed by atoms with van der Waals surface area (Å²) in [6.07, 6.45) is 7.15. The maximum atomic E-state index is 14.4. The van der Waals surface area contributed by atoms with Crippen molar-refractivity contribution >= 4 is 23.2 Å². The third-order valence-electron chi connectivity index (χ3n) is 8.34. The molecule has 6 rings (SSSR count). The van der Waals surface area contributed by atoms with Gasteiger partial charge in [0.2, 0.25) is 0 Å². The first-order valence-electron chi connectivity index (χ1n) is 15.0. The third kappa shape index (κ3) is 7.89. The monoisotopic (exact) mass is 766 g/mol. The molecule has 0 saturated carbocycles. The van der Waals surface area contributed by atoms with Gasteiger partial charge < -0.3 is 10.2 Å². The van der Waals surface area contributed by atoms with Gasteiger partial charge in [-0.3, -0.25) is 0 Å². The summed E-state index contributed by atoms with van der Waals surface area (Å²) in [6.45, 7) is 2.33. The van der Waals surface area contributed by atoms with Gasteiger partial charge >= 0.3 is 0 Å². The van der Waals surface area contributed by atoms with Crippen LogP contribution in [0, 0.1) is 34.9 Å². The first-order chi connectivity index (χ1) is 24.7. The molecule has 4 atom stereocenters. The molecule has 0 bridgehead atoms. The summed E-state index contributed by atoms with van der Waals surface area (Å²) < 4.78 is 86.7. The standard InChI is InChI=1S/2C16H13ClF3N5O/c2*1-9(14-13(20)15(17)23-7-22-14)16(26,5-25-8-21-6-24-25)11-3-2-10(18)4-12(11)19/h2*2-4,6-9,26H,5H2,1H3/t2*9-,16-/m10/s1. The van der Waals surface area contributed by atoms with Crippen molar-refractivity contribution in [1.29, 1.82) is 0 Å². The van der Waals surface area contributed by atoms with Crippen molar-refractivity contribution in [1.82, 2.24) is 49.5 Å². The van der Waals surface area contributed by atoms with Crippen LogP contribution in [-0.4, -0.2) is 59.7 Å². The van der Waals surface area contributed by atoms with Crippen molar-refractivity contribution in [2.45, 2.75) is 50.0 Å². The summed E-state index contributed by atoms with van der Waals surface area (Å²) in [4.78, 5) is 22.3. The average molecular weight is 768 g/mol. The Kier molecular flexibility index (Phi) is 11.5. The number of aliphatic hydroxyl groups is 2. The second-order valence-electron chi connectivity index (χ2n) is 11.5. The predicted molar refractivity (Wildman–Crippen MR) is 171 cm³/mol. The van der Waals surface area contributed by atoms with Gasteiger partial charge in [-0.05, 0) is 12.1 Å². The van der Waals surface area contributed by atoms with Crippen LogP contribution in [0.3, 0.4) is 0 Å². The van der Waals surface area contributed by atoms with E-state index in [2.05, 4.69) is 40.1 Å². The highest BCUT2D eigenvalue weighted by Crippen LogP contribution is 2.41. The van der Waals surface area contributed by atoms with Gasteiger partial charge in [-0.2, -0.15) is 10.2 Å². The zero-order valence-electron chi connectivity index (χ0n) is 26.9. The number of benzene rings is 2. The molecular weight excluding hydrogens is 741 g/mol. The van der Waals surface area contributed by atoms with E-state index in [1.54, 1.807) is 0 Å². The van der Waals surface area contributed by atoms with Crippen LogP contribution in [0.1, 0.15) is 48.2 Å². The maximum absolute atomic E-state index is 14.4. The van der Waals surface area contributed by atoms with Crippen molar-refractivity contribution in [2.24, 2.45) is 0 Å². The minimum absolute atomic E-state index is 0.212. The molecule has 0 fully saturated rings. The molecule has 4 heterocycles. The van der Waals surface area contributed by atoms with Crippen molar-refractivity contribution in [3.8, 4) is 0 Å². The lowest BCUT2D eigenvalue weighted by molar-refractivity contribution is -0.0137. The fourth-order valence-electron chi connectivity index (χ4n) is 5.49. The van der Waals surface area contributed by atoms with Crippen LogP contribution in [0.15, 0.2) is 74.4 Å². The van der Waals surface area contributed by atoms with Gasteiger partial charge in [0.25, 0.3) is 0 Å². The first-order valence-corrected chi connectivity index (χ1v) is 15.7. The number of rotatable bonds is 10. The zero-order chi connectivity index (χ0) is 37.8. The van der Waals surface area contributed by atoms with E-state index in [9.17, 15) is 36.6 Å². The van der Waals surface area contributed by atoms with Crippen LogP contribution in [0.5, 0.6) is 0 Å². The second-order valence-corrected chi connectivity index (χ2v) is 12.2. The molecule has 4 aromatic heterocycles. The van der Waals surface area contributed by atoms with E-state index in [1.165, 1.54) is 48.5 Å². The van der Waals surface area contributed by atoms with Gasteiger partial charge in [0, 0.05) is 35.1 Å². The second kappa shape index (κ2) is 15.7. The van der Waals surface area contributed by atoms with Crippen molar-refractivity contribution in [3.05, 3.63) is 142 Å². The Bertz CT molecular complexity index is 2000. The Morgan fingerprint density at radius 3 is 1.33 bits per heavy atom. The predicted octanol–water partition coefficient (Wildman–Crippen LogP) is 5.66. The SMILES string of the molecule is C[C@@H](c1ncnc(Cl)c1F)[C@@](O)(Cn1cncn1)c1ccc(F)cc1F.C[C@H](c1ncnc(Cl)c1F)[C@](O)(Cn1cncn1)c1ccc(F)cc1F. The summed E-state index contributed by atoms with van der Waals surface area (Å²) >= 11 is 11.4. The Labute approximate surface area is 300 Å². The van der Waals surface area contributed by atoms with Crippen molar-refractivity contribution in [3.63, 3.8) is 0 Å². The molecule has 12 nitrogen and oxygen atoms in total. The molecule has 2 aromatic carbocycles. The Hall–Kier alpha value is -5.04. The fraction of sp³-hybridized carbons (Fsp3) is 0.250. The number of nitrogens with zero attached hydrogens (tertiary/aromatic N) is 10. The smallest absolute Gasteiger partial charge is 0.182 e. The van der Waals surface area contributed by atoms with E-state index >= 15 is 0 Å². The van der Waals surface area contributed by atoms with Crippen LogP contribution in [0.2, 0.25) is 10.3 Å². The highest BCUT2D eigenvalue weighted by Gasteiger charge is 2.43. The first kappa shape index (κ1) is 38.2. The largest absolute Gasteiger partial charge is 0.382 e. The van der Waals surface area contributed by atoms with Crippen LogP contribution in [0.25, 0.3) is 0 Å². The molecule has 0 spiro atoms. The molecule has 20 heteroatoms. The third-order valence-corrected chi connectivity index (χ3v) is 8.86. The lowest BCUT2D eigenvalue weighted by Gasteiger charge is -2.34. The van der Waals surface area contributed by atoms with Gasteiger partial charge in [0.15, 0.2) is 21.9 Å². The summed E-state index contributed by atoms with van der Waals surface area (Å²) in [6, 6.07) is 5.47. The van der Waals surface area contributed by atoms with Crippen molar-refractivity contribution < 1.29 is 36.6 Å². The van der Waals surface area contributed by atoms with Crippen molar-refractivity contribution in [2.75, 3.05) is 0 Å². The van der Waals surface area contributed by atoms with Gasteiger partial charge in [-0.15, -0.1) is 0 Å². The minimum Gasteiger partial charge on any atom is -0.382 e. The zero-order valence-corrected chi connectivity index (χ0v) is 28.4.